The van der Waals surface area contributed by atoms with Crippen LogP contribution in [0.15, 0.2) is 12.1 Å². The van der Waals surface area contributed by atoms with Crippen molar-refractivity contribution < 1.29 is 49.5 Å². The highest BCUT2D eigenvalue weighted by atomic mass is 32.2. The van der Waals surface area contributed by atoms with Gasteiger partial charge in [-0.25, -0.2) is 4.79 Å². The van der Waals surface area contributed by atoms with Crippen molar-refractivity contribution in [3.63, 3.8) is 0 Å². The first kappa shape index (κ1) is 22.6. The molecule has 2 aliphatic rings. The van der Waals surface area contributed by atoms with Gasteiger partial charge in [0.1, 0.15) is 11.3 Å². The van der Waals surface area contributed by atoms with Gasteiger partial charge < -0.3 is 23.1 Å². The van der Waals surface area contributed by atoms with E-state index in [0.717, 1.165) is 6.07 Å². The van der Waals surface area contributed by atoms with E-state index in [9.17, 15) is 26.4 Å². The number of fused-ring (bicyclic) bond motifs is 1. The molecule has 0 N–H and O–H groups in total. The van der Waals surface area contributed by atoms with Gasteiger partial charge >= 0.3 is 21.6 Å². The van der Waals surface area contributed by atoms with Crippen molar-refractivity contribution in [1.29, 1.82) is 0 Å². The molecule has 2 aliphatic heterocycles. The van der Waals surface area contributed by atoms with Gasteiger partial charge in [0.15, 0.2) is 11.5 Å². The summed E-state index contributed by atoms with van der Waals surface area (Å²) in [6.07, 6.45) is 0.446. The minimum Gasteiger partial charge on any atom is -0.452 e. The third kappa shape index (κ3) is 4.81. The lowest BCUT2D eigenvalue weighted by molar-refractivity contribution is -0.138. The van der Waals surface area contributed by atoms with Gasteiger partial charge in [0.25, 0.3) is 0 Å². The molecule has 0 amide bonds. The average molecular weight is 454 g/mol. The monoisotopic (exact) mass is 454 g/mol. The number of carbonyl (C=O) groups excluding carboxylic acids is 1. The van der Waals surface area contributed by atoms with E-state index in [1.54, 1.807) is 13.8 Å². The van der Waals surface area contributed by atoms with E-state index in [0.29, 0.717) is 18.6 Å². The van der Waals surface area contributed by atoms with E-state index in [1.165, 1.54) is 19.9 Å². The molecule has 0 aliphatic carbocycles. The molecule has 0 aromatic heterocycles. The van der Waals surface area contributed by atoms with Crippen LogP contribution in [-0.2, 0) is 30.7 Å². The number of ether oxygens (including phenoxy) is 4. The second-order valence-electron chi connectivity index (χ2n) is 7.83. The Bertz CT molecular complexity index is 953. The van der Waals surface area contributed by atoms with Crippen LogP contribution >= 0.6 is 0 Å². The first-order valence-electron chi connectivity index (χ1n) is 9.00. The molecule has 1 atom stereocenters. The van der Waals surface area contributed by atoms with E-state index in [1.807, 2.05) is 0 Å². The molecule has 0 radical (unpaired) electrons. The number of alkyl halides is 3. The largest absolute Gasteiger partial charge is 0.534 e. The van der Waals surface area contributed by atoms with Crippen molar-refractivity contribution in [3.8, 4) is 11.5 Å². The van der Waals surface area contributed by atoms with Crippen LogP contribution < -0.4 is 8.92 Å². The van der Waals surface area contributed by atoms with Crippen LogP contribution in [0.5, 0.6) is 11.5 Å². The minimum atomic E-state index is -6.01. The highest BCUT2D eigenvalue weighted by molar-refractivity contribution is 7.88. The van der Waals surface area contributed by atoms with Gasteiger partial charge in [0.2, 0.25) is 5.79 Å². The molecule has 1 aromatic carbocycles. The Morgan fingerprint density at radius 3 is 2.37 bits per heavy atom. The van der Waals surface area contributed by atoms with Crippen LogP contribution in [0.4, 0.5) is 13.2 Å². The van der Waals surface area contributed by atoms with Crippen molar-refractivity contribution in [2.24, 2.45) is 0 Å². The molecule has 1 unspecified atom stereocenters. The Balaban J connectivity index is 1.94. The maximum Gasteiger partial charge on any atom is 0.534 e. The second kappa shape index (κ2) is 7.27. The third-order valence-electron chi connectivity index (χ3n) is 4.33. The number of cyclic esters (lactones) is 1. The highest BCUT2D eigenvalue weighted by Crippen LogP contribution is 2.40. The molecule has 0 saturated carbocycles. The lowest BCUT2D eigenvalue weighted by atomic mass is 10.0. The molecule has 0 spiro atoms. The summed E-state index contributed by atoms with van der Waals surface area (Å²) in [4.78, 5) is 12.3. The van der Waals surface area contributed by atoms with Crippen molar-refractivity contribution in [2.75, 3.05) is 6.61 Å². The van der Waals surface area contributed by atoms with Crippen LogP contribution in [0.3, 0.4) is 0 Å². The van der Waals surface area contributed by atoms with E-state index in [2.05, 4.69) is 4.18 Å². The first-order chi connectivity index (χ1) is 13.6. The number of aryl methyl sites for hydroxylation is 1. The average Bonchev–Trinajstić information content (AvgIpc) is 2.88. The number of rotatable bonds is 5. The van der Waals surface area contributed by atoms with Gasteiger partial charge in [-0.2, -0.15) is 21.6 Å². The second-order valence-corrected chi connectivity index (χ2v) is 9.37. The smallest absolute Gasteiger partial charge is 0.452 e. The molecule has 1 fully saturated rings. The molecule has 0 bridgehead atoms. The topological polar surface area (TPSA) is 97.4 Å². The van der Waals surface area contributed by atoms with Crippen molar-refractivity contribution in [2.45, 2.75) is 63.7 Å². The Labute approximate surface area is 171 Å². The molecule has 1 saturated heterocycles. The van der Waals surface area contributed by atoms with Gasteiger partial charge in [-0.15, -0.1) is 0 Å². The summed E-state index contributed by atoms with van der Waals surface area (Å²) in [6, 6.07) is 2.48. The molecular weight excluding hydrogens is 433 g/mol. The predicted molar refractivity (Wildman–Crippen MR) is 95.4 cm³/mol. The first-order valence-corrected chi connectivity index (χ1v) is 10.4. The lowest BCUT2D eigenvalue weighted by Gasteiger charge is -2.32. The Morgan fingerprint density at radius 2 is 1.80 bits per heavy atom. The zero-order valence-corrected chi connectivity index (χ0v) is 17.5. The van der Waals surface area contributed by atoms with Gasteiger partial charge in [-0.05, 0) is 44.4 Å². The number of halogens is 3. The normalized spacial score (nSPS) is 22.8. The van der Waals surface area contributed by atoms with E-state index >= 15 is 0 Å². The van der Waals surface area contributed by atoms with Gasteiger partial charge in [0.05, 0.1) is 12.7 Å². The predicted octanol–water partition coefficient (Wildman–Crippen LogP) is 3.28. The lowest BCUT2D eigenvalue weighted by Crippen LogP contribution is -2.39. The zero-order valence-electron chi connectivity index (χ0n) is 16.7. The van der Waals surface area contributed by atoms with Crippen molar-refractivity contribution >= 4 is 16.1 Å². The van der Waals surface area contributed by atoms with E-state index < -0.39 is 44.5 Å². The van der Waals surface area contributed by atoms with Gasteiger partial charge in [0, 0.05) is 13.8 Å². The van der Waals surface area contributed by atoms with Crippen LogP contribution in [0.2, 0.25) is 0 Å². The Kier molecular flexibility index (Phi) is 5.49. The summed E-state index contributed by atoms with van der Waals surface area (Å²) in [6.45, 7) is 6.70. The van der Waals surface area contributed by atoms with Crippen LogP contribution in [0.25, 0.3) is 0 Å². The fourth-order valence-electron chi connectivity index (χ4n) is 3.09. The Morgan fingerprint density at radius 1 is 1.13 bits per heavy atom. The van der Waals surface area contributed by atoms with Crippen LogP contribution in [-0.4, -0.2) is 44.2 Å². The number of hydrogen-bond donors (Lipinski definition) is 0. The third-order valence-corrected chi connectivity index (χ3v) is 5.30. The zero-order chi connectivity index (χ0) is 22.5. The van der Waals surface area contributed by atoms with E-state index in [4.69, 9.17) is 18.9 Å². The van der Waals surface area contributed by atoms with Crippen molar-refractivity contribution in [3.05, 3.63) is 23.3 Å². The summed E-state index contributed by atoms with van der Waals surface area (Å²) >= 11 is 0. The van der Waals surface area contributed by atoms with Gasteiger partial charge in [-0.3, -0.25) is 0 Å². The summed E-state index contributed by atoms with van der Waals surface area (Å²) in [5.41, 5.74) is -5.82. The number of hydrogen-bond acceptors (Lipinski definition) is 8. The van der Waals surface area contributed by atoms with Crippen LogP contribution in [0.1, 0.15) is 50.0 Å². The fraction of sp³-hybridized carbons (Fsp3) is 0.611. The molecule has 30 heavy (non-hydrogen) atoms. The Hall–Kier alpha value is -2.05. The van der Waals surface area contributed by atoms with Gasteiger partial charge in [-0.1, -0.05) is 0 Å². The quantitative estimate of drug-likeness (QED) is 0.380. The summed E-state index contributed by atoms with van der Waals surface area (Å²) in [5.74, 6) is -4.15. The SMILES string of the molecule is CC1(C)OC(=O)c2c(cc(CCC3COC(C)(C)O3)cc2OS(=O)(=O)C(F)(F)F)O1. The summed E-state index contributed by atoms with van der Waals surface area (Å²) in [5, 5.41) is 0. The molecule has 1 aromatic rings. The maximum absolute atomic E-state index is 12.8. The molecular formula is C18H21F3O8S. The molecule has 3 rings (SSSR count). The number of esters is 1. The summed E-state index contributed by atoms with van der Waals surface area (Å²) in [7, 11) is -6.01. The molecule has 12 heteroatoms. The standard InChI is InChI=1S/C18H21F3O8S/c1-16(2)25-9-11(26-16)6-5-10-7-12-14(15(22)28-17(3,4)27-12)13(8-10)29-30(23,24)18(19,20)21/h7-8,11H,5-6,9H2,1-4H3. The maximum atomic E-state index is 12.8. The number of benzene rings is 1. The molecule has 2 heterocycles. The van der Waals surface area contributed by atoms with E-state index in [-0.39, 0.29) is 18.3 Å². The summed E-state index contributed by atoms with van der Waals surface area (Å²) < 4.78 is 87.4. The molecule has 8 nitrogen and oxygen atoms in total. The number of carbonyl (C=O) groups is 1. The molecule has 168 valence electrons. The fourth-order valence-corrected chi connectivity index (χ4v) is 3.56. The highest BCUT2D eigenvalue weighted by Gasteiger charge is 2.49. The van der Waals surface area contributed by atoms with Crippen LogP contribution in [0, 0.1) is 0 Å². The van der Waals surface area contributed by atoms with Crippen molar-refractivity contribution in [1.82, 2.24) is 0 Å². The minimum absolute atomic E-state index is 0.134.